The highest BCUT2D eigenvalue weighted by Crippen LogP contribution is 2.33. The van der Waals surface area contributed by atoms with Gasteiger partial charge in [0.25, 0.3) is 5.91 Å². The molecule has 0 unspecified atom stereocenters. The Hall–Kier alpha value is -3.00. The minimum Gasteiger partial charge on any atom is -0.465 e. The van der Waals surface area contributed by atoms with E-state index in [0.29, 0.717) is 30.5 Å². The summed E-state index contributed by atoms with van der Waals surface area (Å²) >= 11 is 1.59. The maximum absolute atomic E-state index is 13.3. The van der Waals surface area contributed by atoms with E-state index < -0.39 is 11.6 Å². The van der Waals surface area contributed by atoms with E-state index in [4.69, 9.17) is 4.98 Å². The summed E-state index contributed by atoms with van der Waals surface area (Å²) < 4.78 is 0. The van der Waals surface area contributed by atoms with Gasteiger partial charge in [-0.1, -0.05) is 18.2 Å². The Morgan fingerprint density at radius 1 is 1.08 bits per heavy atom. The van der Waals surface area contributed by atoms with Crippen LogP contribution in [0.5, 0.6) is 0 Å². The summed E-state index contributed by atoms with van der Waals surface area (Å²) in [6.45, 7) is 11.0. The Bertz CT molecular complexity index is 1260. The fourth-order valence-electron chi connectivity index (χ4n) is 5.10. The van der Waals surface area contributed by atoms with Gasteiger partial charge in [-0.25, -0.2) is 14.8 Å². The van der Waals surface area contributed by atoms with Gasteiger partial charge in [-0.15, -0.1) is 11.3 Å². The number of carboxylic acid groups (broad SMARTS) is 1. The summed E-state index contributed by atoms with van der Waals surface area (Å²) in [5.41, 5.74) is 2.74. The van der Waals surface area contributed by atoms with Crippen LogP contribution in [-0.4, -0.2) is 50.6 Å². The van der Waals surface area contributed by atoms with Gasteiger partial charge in [-0.3, -0.25) is 4.79 Å². The molecule has 0 saturated heterocycles. The fraction of sp³-hybridized carbons (Fsp3) is 0.500. The van der Waals surface area contributed by atoms with Crippen molar-refractivity contribution < 1.29 is 14.7 Å². The molecular weight excluding hydrogens is 472 g/mol. The molecule has 8 heteroatoms. The third-order valence-electron chi connectivity index (χ3n) is 7.10. The fourth-order valence-corrected chi connectivity index (χ4v) is 5.98. The Kier molecular flexibility index (Phi) is 7.64. The van der Waals surface area contributed by atoms with E-state index >= 15 is 0 Å². The number of thiazole rings is 1. The van der Waals surface area contributed by atoms with E-state index in [9.17, 15) is 14.7 Å². The summed E-state index contributed by atoms with van der Waals surface area (Å²) in [6.07, 6.45) is 3.08. The van der Waals surface area contributed by atoms with Gasteiger partial charge in [-0.05, 0) is 84.3 Å². The number of hydrogen-bond acceptors (Lipinski definition) is 5. The summed E-state index contributed by atoms with van der Waals surface area (Å²) in [5.74, 6) is 0.683. The van der Waals surface area contributed by atoms with Crippen LogP contribution in [0.15, 0.2) is 30.3 Å². The number of benzene rings is 1. The monoisotopic (exact) mass is 508 g/mol. The molecule has 1 saturated carbocycles. The van der Waals surface area contributed by atoms with Crippen molar-refractivity contribution in [3.63, 3.8) is 0 Å². The quantitative estimate of drug-likeness (QED) is 0.408. The molecule has 192 valence electrons. The molecule has 0 spiro atoms. The van der Waals surface area contributed by atoms with Crippen molar-refractivity contribution in [2.45, 2.75) is 65.8 Å². The molecule has 4 rings (SSSR count). The molecule has 2 N–H and O–H groups in total. The van der Waals surface area contributed by atoms with Gasteiger partial charge in [0.1, 0.15) is 0 Å². The second-order valence-electron chi connectivity index (χ2n) is 10.9. The lowest BCUT2D eigenvalue weighted by atomic mass is 9.81. The number of carbonyl (C=O) groups excluding carboxylic acids is 1. The number of para-hydroxylation sites is 1. The van der Waals surface area contributed by atoms with Crippen LogP contribution in [-0.2, 0) is 0 Å². The molecule has 0 bridgehead atoms. The SMILES string of the molecule is Cc1nc(C)c(-c2cc(C(=O)NCC3CCC(CN(C(=O)O)C(C)(C)C)CC3)c3ccccc3n2)s1. The predicted octanol–water partition coefficient (Wildman–Crippen LogP) is 6.29. The number of nitrogens with zero attached hydrogens (tertiary/aromatic N) is 3. The van der Waals surface area contributed by atoms with Crippen molar-refractivity contribution in [3.8, 4) is 10.6 Å². The van der Waals surface area contributed by atoms with Gasteiger partial charge in [-0.2, -0.15) is 0 Å². The standard InChI is InChI=1S/C28H36N4O3S/c1-17-25(36-18(2)30-17)24-14-22(21-8-6-7-9-23(21)31-24)26(33)29-15-19-10-12-20(13-11-19)16-32(27(34)35)28(3,4)5/h6-9,14,19-20H,10-13,15-16H2,1-5H3,(H,29,33)(H,34,35). The smallest absolute Gasteiger partial charge is 0.407 e. The van der Waals surface area contributed by atoms with E-state index in [-0.39, 0.29) is 5.91 Å². The first-order valence-electron chi connectivity index (χ1n) is 12.7. The van der Waals surface area contributed by atoms with Gasteiger partial charge in [0, 0.05) is 24.0 Å². The first kappa shape index (κ1) is 26.1. The average molecular weight is 509 g/mol. The normalized spacial score (nSPS) is 18.2. The second kappa shape index (κ2) is 10.5. The first-order chi connectivity index (χ1) is 17.0. The summed E-state index contributed by atoms with van der Waals surface area (Å²) in [4.78, 5) is 36.9. The van der Waals surface area contributed by atoms with Crippen molar-refractivity contribution in [1.82, 2.24) is 20.2 Å². The number of aromatic nitrogens is 2. The van der Waals surface area contributed by atoms with E-state index in [0.717, 1.165) is 57.9 Å². The van der Waals surface area contributed by atoms with Crippen LogP contribution in [0.2, 0.25) is 0 Å². The summed E-state index contributed by atoms with van der Waals surface area (Å²) in [6, 6.07) is 9.65. The number of carbonyl (C=O) groups is 2. The lowest BCUT2D eigenvalue weighted by Crippen LogP contribution is -2.47. The van der Waals surface area contributed by atoms with Gasteiger partial charge in [0.15, 0.2) is 0 Å². The number of pyridine rings is 1. The number of fused-ring (bicyclic) bond motifs is 1. The topological polar surface area (TPSA) is 95.4 Å². The second-order valence-corrected chi connectivity index (χ2v) is 12.1. The largest absolute Gasteiger partial charge is 0.465 e. The van der Waals surface area contributed by atoms with Crippen molar-refractivity contribution in [1.29, 1.82) is 0 Å². The molecule has 0 aliphatic heterocycles. The Morgan fingerprint density at radius 2 is 1.75 bits per heavy atom. The molecule has 2 aromatic heterocycles. The van der Waals surface area contributed by atoms with E-state index in [1.54, 1.807) is 16.2 Å². The molecule has 1 aromatic carbocycles. The minimum atomic E-state index is -0.857. The first-order valence-corrected chi connectivity index (χ1v) is 13.5. The Morgan fingerprint density at radius 3 is 2.36 bits per heavy atom. The molecule has 2 amide bonds. The number of rotatable bonds is 6. The Labute approximate surface area is 217 Å². The third-order valence-corrected chi connectivity index (χ3v) is 8.19. The highest BCUT2D eigenvalue weighted by atomic mass is 32.1. The highest BCUT2D eigenvalue weighted by molar-refractivity contribution is 7.15. The van der Waals surface area contributed by atoms with Crippen molar-refractivity contribution in [2.24, 2.45) is 11.8 Å². The molecule has 2 heterocycles. The van der Waals surface area contributed by atoms with Crippen LogP contribution < -0.4 is 5.32 Å². The Balaban J connectivity index is 1.42. The number of nitrogens with one attached hydrogen (secondary N) is 1. The zero-order valence-corrected chi connectivity index (χ0v) is 22.6. The summed E-state index contributed by atoms with van der Waals surface area (Å²) in [7, 11) is 0. The molecule has 1 aliphatic carbocycles. The van der Waals surface area contributed by atoms with Crippen molar-refractivity contribution in [3.05, 3.63) is 46.6 Å². The molecule has 0 radical (unpaired) electrons. The highest BCUT2D eigenvalue weighted by Gasteiger charge is 2.31. The van der Waals surface area contributed by atoms with E-state index in [2.05, 4.69) is 10.3 Å². The van der Waals surface area contributed by atoms with Gasteiger partial charge >= 0.3 is 6.09 Å². The molecule has 1 fully saturated rings. The van der Waals surface area contributed by atoms with Gasteiger partial charge < -0.3 is 15.3 Å². The zero-order chi connectivity index (χ0) is 26.0. The van der Waals surface area contributed by atoms with E-state index in [1.165, 1.54) is 0 Å². The number of hydrogen-bond donors (Lipinski definition) is 2. The molecule has 7 nitrogen and oxygen atoms in total. The van der Waals surface area contributed by atoms with Crippen LogP contribution in [0.1, 0.15) is 67.5 Å². The van der Waals surface area contributed by atoms with Crippen molar-refractivity contribution >= 4 is 34.2 Å². The lowest BCUT2D eigenvalue weighted by Gasteiger charge is -2.38. The van der Waals surface area contributed by atoms with Crippen LogP contribution in [0.25, 0.3) is 21.5 Å². The number of aryl methyl sites for hydroxylation is 2. The van der Waals surface area contributed by atoms with Crippen LogP contribution in [0.4, 0.5) is 4.79 Å². The average Bonchev–Trinajstić information content (AvgIpc) is 3.17. The predicted molar refractivity (Wildman–Crippen MR) is 145 cm³/mol. The molecular formula is C28H36N4O3S. The van der Waals surface area contributed by atoms with Crippen LogP contribution >= 0.6 is 11.3 Å². The molecule has 0 atom stereocenters. The van der Waals surface area contributed by atoms with Crippen LogP contribution in [0.3, 0.4) is 0 Å². The molecule has 1 aliphatic rings. The molecule has 3 aromatic rings. The van der Waals surface area contributed by atoms with Crippen LogP contribution in [0, 0.1) is 25.7 Å². The third kappa shape index (κ3) is 5.86. The lowest BCUT2D eigenvalue weighted by molar-refractivity contribution is 0.0786. The zero-order valence-electron chi connectivity index (χ0n) is 21.8. The molecule has 36 heavy (non-hydrogen) atoms. The van der Waals surface area contributed by atoms with Crippen molar-refractivity contribution in [2.75, 3.05) is 13.1 Å². The summed E-state index contributed by atoms with van der Waals surface area (Å²) in [5, 5.41) is 14.6. The maximum atomic E-state index is 13.3. The minimum absolute atomic E-state index is 0.0827. The number of amides is 2. The van der Waals surface area contributed by atoms with E-state index in [1.807, 2.05) is 65.0 Å². The van der Waals surface area contributed by atoms with Gasteiger partial charge in [0.05, 0.1) is 32.4 Å². The van der Waals surface area contributed by atoms with Gasteiger partial charge in [0.2, 0.25) is 0 Å². The maximum Gasteiger partial charge on any atom is 0.407 e.